The number of amides is 2. The number of carbonyl (C=O) groups excluding carboxylic acids is 2. The van der Waals surface area contributed by atoms with Gasteiger partial charge in [0.15, 0.2) is 5.96 Å². The van der Waals surface area contributed by atoms with Crippen LogP contribution in [0.3, 0.4) is 0 Å². The second-order valence-electron chi connectivity index (χ2n) is 7.02. The second-order valence-corrected chi connectivity index (χ2v) is 7.02. The number of nitrogens with zero attached hydrogens (tertiary/aromatic N) is 4. The van der Waals surface area contributed by atoms with Crippen LogP contribution in [0.15, 0.2) is 47.7 Å². The molecule has 9 nitrogen and oxygen atoms in total. The predicted molar refractivity (Wildman–Crippen MR) is 130 cm³/mol. The van der Waals surface area contributed by atoms with E-state index in [0.717, 1.165) is 37.6 Å². The van der Waals surface area contributed by atoms with Gasteiger partial charge in [-0.1, -0.05) is 12.1 Å². The van der Waals surface area contributed by atoms with E-state index in [0.29, 0.717) is 25.2 Å². The zero-order valence-corrected chi connectivity index (χ0v) is 20.0. The minimum atomic E-state index is -0.118. The van der Waals surface area contributed by atoms with Crippen molar-refractivity contribution in [3.63, 3.8) is 0 Å². The van der Waals surface area contributed by atoms with Crippen LogP contribution in [-0.4, -0.2) is 65.2 Å². The first kappa shape index (κ1) is 24.6. The monoisotopic (exact) mass is 539 g/mol. The molecule has 10 heteroatoms. The molecule has 2 heterocycles. The number of guanidine groups is 1. The third-order valence-corrected chi connectivity index (χ3v) is 4.71. The minimum absolute atomic E-state index is 0. The Hall–Kier alpha value is -2.63. The zero-order valence-electron chi connectivity index (χ0n) is 17.7. The average Bonchev–Trinajstić information content (AvgIpc) is 3.28. The van der Waals surface area contributed by atoms with Crippen LogP contribution < -0.4 is 16.0 Å². The van der Waals surface area contributed by atoms with Gasteiger partial charge >= 0.3 is 0 Å². The van der Waals surface area contributed by atoms with Crippen molar-refractivity contribution in [3.8, 4) is 0 Å². The van der Waals surface area contributed by atoms with Gasteiger partial charge in [0.05, 0.1) is 13.1 Å². The van der Waals surface area contributed by atoms with E-state index >= 15 is 0 Å². The molecule has 0 radical (unpaired) electrons. The first-order chi connectivity index (χ1) is 14.7. The summed E-state index contributed by atoms with van der Waals surface area (Å²) in [6, 6.07) is 9.32. The molecular formula is C21H30IN7O2. The fraction of sp³-hybridized carbons (Fsp3) is 0.429. The quantitative estimate of drug-likeness (QED) is 0.203. The standard InChI is InChI=1S/C21H29N7O2.HI/c1-2-22-21(24-9-3-12-28-13-4-10-26-28)25-15-17-5-7-18(8-6-17)20(30)27-14-11-23-19(29)16-27;/h4-8,10,13H,2-3,9,11-12,14-16H2,1H3,(H,23,29)(H2,22,24,25);1H. The molecule has 0 unspecified atom stereocenters. The molecule has 3 N–H and O–H groups in total. The van der Waals surface area contributed by atoms with E-state index in [-0.39, 0.29) is 42.3 Å². The number of rotatable bonds is 8. The summed E-state index contributed by atoms with van der Waals surface area (Å²) in [6.45, 7) is 6.12. The number of carbonyl (C=O) groups is 2. The number of hydrogen-bond donors (Lipinski definition) is 3. The molecule has 2 amide bonds. The molecule has 1 aromatic heterocycles. The van der Waals surface area contributed by atoms with E-state index < -0.39 is 0 Å². The van der Waals surface area contributed by atoms with E-state index in [4.69, 9.17) is 0 Å². The van der Waals surface area contributed by atoms with Crippen molar-refractivity contribution < 1.29 is 9.59 Å². The number of nitrogens with one attached hydrogen (secondary N) is 3. The van der Waals surface area contributed by atoms with Crippen LogP contribution in [0.2, 0.25) is 0 Å². The summed E-state index contributed by atoms with van der Waals surface area (Å²) in [5, 5.41) is 13.5. The van der Waals surface area contributed by atoms with Crippen LogP contribution >= 0.6 is 24.0 Å². The van der Waals surface area contributed by atoms with Gasteiger partial charge in [-0.25, -0.2) is 4.99 Å². The Labute approximate surface area is 199 Å². The second kappa shape index (κ2) is 12.9. The maximum Gasteiger partial charge on any atom is 0.254 e. The van der Waals surface area contributed by atoms with Crippen LogP contribution in [0.1, 0.15) is 29.3 Å². The number of hydrogen-bond acceptors (Lipinski definition) is 4. The molecular weight excluding hydrogens is 509 g/mol. The van der Waals surface area contributed by atoms with Crippen molar-refractivity contribution >= 4 is 41.8 Å². The van der Waals surface area contributed by atoms with Gasteiger partial charge in [-0.2, -0.15) is 5.10 Å². The van der Waals surface area contributed by atoms with Crippen LogP contribution in [-0.2, 0) is 17.9 Å². The number of halogens is 1. The Morgan fingerprint density at radius 2 is 2.06 bits per heavy atom. The van der Waals surface area contributed by atoms with Gasteiger partial charge in [0, 0.05) is 50.7 Å². The molecule has 1 aliphatic heterocycles. The summed E-state index contributed by atoms with van der Waals surface area (Å²) in [6.07, 6.45) is 4.67. The summed E-state index contributed by atoms with van der Waals surface area (Å²) in [7, 11) is 0. The third kappa shape index (κ3) is 7.85. The van der Waals surface area contributed by atoms with Gasteiger partial charge in [0.2, 0.25) is 5.91 Å². The molecule has 168 valence electrons. The van der Waals surface area contributed by atoms with Crippen LogP contribution in [0.25, 0.3) is 0 Å². The Kier molecular flexibility index (Phi) is 10.3. The highest BCUT2D eigenvalue weighted by Gasteiger charge is 2.22. The van der Waals surface area contributed by atoms with E-state index in [2.05, 4.69) is 26.0 Å². The lowest BCUT2D eigenvalue weighted by atomic mass is 10.1. The third-order valence-electron chi connectivity index (χ3n) is 4.71. The summed E-state index contributed by atoms with van der Waals surface area (Å²) < 4.78 is 1.91. The Morgan fingerprint density at radius 3 is 2.74 bits per heavy atom. The lowest BCUT2D eigenvalue weighted by molar-refractivity contribution is -0.123. The maximum atomic E-state index is 12.5. The molecule has 1 fully saturated rings. The summed E-state index contributed by atoms with van der Waals surface area (Å²) in [5.41, 5.74) is 1.60. The Morgan fingerprint density at radius 1 is 1.26 bits per heavy atom. The van der Waals surface area contributed by atoms with Gasteiger partial charge in [-0.05, 0) is 37.1 Å². The van der Waals surface area contributed by atoms with E-state index in [1.165, 1.54) is 0 Å². The highest BCUT2D eigenvalue weighted by atomic mass is 127. The number of aromatic nitrogens is 2. The molecule has 0 aliphatic carbocycles. The van der Waals surface area contributed by atoms with Gasteiger partial charge in [0.25, 0.3) is 5.91 Å². The average molecular weight is 539 g/mol. The highest BCUT2D eigenvalue weighted by molar-refractivity contribution is 14.0. The van der Waals surface area contributed by atoms with E-state index in [1.807, 2.05) is 36.0 Å². The lowest BCUT2D eigenvalue weighted by Gasteiger charge is -2.26. The van der Waals surface area contributed by atoms with Gasteiger partial charge < -0.3 is 20.9 Å². The zero-order chi connectivity index (χ0) is 21.2. The van der Waals surface area contributed by atoms with Crippen molar-refractivity contribution in [2.45, 2.75) is 26.4 Å². The van der Waals surface area contributed by atoms with Crippen molar-refractivity contribution in [1.29, 1.82) is 0 Å². The number of aryl methyl sites for hydroxylation is 1. The van der Waals surface area contributed by atoms with E-state index in [1.54, 1.807) is 23.2 Å². The molecule has 0 atom stereocenters. The molecule has 3 rings (SSSR count). The molecule has 1 saturated heterocycles. The van der Waals surface area contributed by atoms with Crippen molar-refractivity contribution in [2.75, 3.05) is 32.7 Å². The Bertz CT molecular complexity index is 853. The molecule has 0 bridgehead atoms. The lowest BCUT2D eigenvalue weighted by Crippen LogP contribution is -2.49. The van der Waals surface area contributed by atoms with Gasteiger partial charge in [-0.15, -0.1) is 24.0 Å². The van der Waals surface area contributed by atoms with Gasteiger partial charge in [0.1, 0.15) is 0 Å². The number of benzene rings is 1. The molecule has 0 spiro atoms. The molecule has 1 aromatic carbocycles. The summed E-state index contributed by atoms with van der Waals surface area (Å²) >= 11 is 0. The van der Waals surface area contributed by atoms with Crippen LogP contribution in [0, 0.1) is 0 Å². The maximum absolute atomic E-state index is 12.5. The predicted octanol–water partition coefficient (Wildman–Crippen LogP) is 1.22. The summed E-state index contributed by atoms with van der Waals surface area (Å²) in [5.74, 6) is 0.526. The fourth-order valence-electron chi connectivity index (χ4n) is 3.14. The number of piperazine rings is 1. The SMILES string of the molecule is CCNC(=NCc1ccc(C(=O)N2CCNC(=O)C2)cc1)NCCCn1cccn1.I. The normalized spacial score (nSPS) is 13.9. The van der Waals surface area contributed by atoms with Crippen LogP contribution in [0.5, 0.6) is 0 Å². The molecule has 0 saturated carbocycles. The highest BCUT2D eigenvalue weighted by Crippen LogP contribution is 2.10. The topological polar surface area (TPSA) is 104 Å². The smallest absolute Gasteiger partial charge is 0.254 e. The van der Waals surface area contributed by atoms with Gasteiger partial charge in [-0.3, -0.25) is 14.3 Å². The van der Waals surface area contributed by atoms with Crippen molar-refractivity contribution in [3.05, 3.63) is 53.9 Å². The first-order valence-electron chi connectivity index (χ1n) is 10.3. The van der Waals surface area contributed by atoms with Crippen LogP contribution in [0.4, 0.5) is 0 Å². The van der Waals surface area contributed by atoms with Crippen molar-refractivity contribution in [1.82, 2.24) is 30.6 Å². The number of aliphatic imine (C=N–C) groups is 1. The minimum Gasteiger partial charge on any atom is -0.357 e. The summed E-state index contributed by atoms with van der Waals surface area (Å²) in [4.78, 5) is 30.2. The Balaban J connectivity index is 0.00000341. The molecule has 31 heavy (non-hydrogen) atoms. The molecule has 2 aromatic rings. The van der Waals surface area contributed by atoms with E-state index in [9.17, 15) is 9.59 Å². The van der Waals surface area contributed by atoms with Crippen molar-refractivity contribution in [2.24, 2.45) is 4.99 Å². The largest absolute Gasteiger partial charge is 0.357 e. The first-order valence-corrected chi connectivity index (χ1v) is 10.3. The fourth-order valence-corrected chi connectivity index (χ4v) is 3.14. The molecule has 1 aliphatic rings.